The normalized spacial score (nSPS) is 13.7. The maximum absolute atomic E-state index is 12.8. The molecule has 0 aliphatic heterocycles. The van der Waals surface area contributed by atoms with E-state index in [1.807, 2.05) is 6.07 Å². The average molecular weight is 644 g/mol. The van der Waals surface area contributed by atoms with E-state index in [2.05, 4.69) is 73.0 Å². The van der Waals surface area contributed by atoms with Gasteiger partial charge < -0.3 is 28.7 Å². The van der Waals surface area contributed by atoms with Crippen LogP contribution in [0.4, 0.5) is 4.79 Å². The molecule has 0 aromatic heterocycles. The van der Waals surface area contributed by atoms with E-state index < -0.39 is 46.3 Å². The highest BCUT2D eigenvalue weighted by Gasteiger charge is 2.42. The summed E-state index contributed by atoms with van der Waals surface area (Å²) in [6.07, 6.45) is -0.741. The Morgan fingerprint density at radius 3 is 1.79 bits per heavy atom. The molecular weight excluding hydrogens is 591 g/mol. The molecule has 0 bridgehead atoms. The molecule has 42 heavy (non-hydrogen) atoms. The van der Waals surface area contributed by atoms with Crippen LogP contribution >= 0.6 is 11.8 Å². The van der Waals surface area contributed by atoms with Crippen molar-refractivity contribution in [2.75, 3.05) is 12.9 Å². The minimum absolute atomic E-state index is 0.0954. The molecule has 1 aromatic rings. The number of hydrogen-bond donors (Lipinski definition) is 2. The van der Waals surface area contributed by atoms with Crippen LogP contribution in [-0.4, -0.2) is 64.3 Å². The number of carbonyl (C=O) groups excluding carboxylic acids is 2. The lowest BCUT2D eigenvalue weighted by atomic mass is 10.0. The second-order valence-electron chi connectivity index (χ2n) is 14.6. The summed E-state index contributed by atoms with van der Waals surface area (Å²) >= 11 is 1.30. The molecule has 1 amide bonds. The van der Waals surface area contributed by atoms with Crippen molar-refractivity contribution in [3.8, 4) is 11.5 Å². The van der Waals surface area contributed by atoms with Crippen LogP contribution in [0.3, 0.4) is 0 Å². The van der Waals surface area contributed by atoms with Crippen LogP contribution < -0.4 is 14.2 Å². The molecule has 0 heterocycles. The molecule has 0 unspecified atom stereocenters. The van der Waals surface area contributed by atoms with Gasteiger partial charge in [0, 0.05) is 28.7 Å². The Morgan fingerprint density at radius 1 is 0.905 bits per heavy atom. The van der Waals surface area contributed by atoms with Crippen molar-refractivity contribution in [3.05, 3.63) is 22.8 Å². The van der Waals surface area contributed by atoms with E-state index >= 15 is 0 Å². The zero-order valence-corrected chi connectivity index (χ0v) is 31.1. The van der Waals surface area contributed by atoms with Crippen LogP contribution in [-0.2, 0) is 20.0 Å². The van der Waals surface area contributed by atoms with E-state index in [-0.39, 0.29) is 27.1 Å². The van der Waals surface area contributed by atoms with Crippen molar-refractivity contribution in [1.29, 1.82) is 0 Å². The van der Waals surface area contributed by atoms with E-state index in [1.165, 1.54) is 18.9 Å². The number of aromatic carboxylic acids is 1. The van der Waals surface area contributed by atoms with Crippen LogP contribution in [0.2, 0.25) is 36.3 Å². The number of methoxy groups -OCH3 is 1. The van der Waals surface area contributed by atoms with Crippen molar-refractivity contribution >= 4 is 46.4 Å². The van der Waals surface area contributed by atoms with E-state index in [0.29, 0.717) is 22.6 Å². The molecule has 12 heteroatoms. The standard InChI is InChI=1S/C30H53NO8SSi2/c1-19-22(38-41(12,13)29(5,6)7)16-23(39-42(14,15)30(8,9)10)20(24(19)25(32)33)17-40-18-21(26(34)36-11)31-27(35)37-28(2,3)4/h16,21H,17-18H2,1-15H3,(H,31,35)(H,32,33)/t21-/m0/s1. The SMILES string of the molecule is COC(=O)[C@H](CSCc1c(O[Si](C)(C)C(C)(C)C)cc(O[Si](C)(C)C(C)(C)C)c(C)c1C(=O)O)NC(=O)OC(C)(C)C. The number of thioether (sulfide) groups is 1. The van der Waals surface area contributed by atoms with Gasteiger partial charge >= 0.3 is 18.0 Å². The minimum Gasteiger partial charge on any atom is -0.543 e. The zero-order valence-electron chi connectivity index (χ0n) is 28.3. The molecule has 0 saturated heterocycles. The van der Waals surface area contributed by atoms with Crippen molar-refractivity contribution < 1.29 is 37.8 Å². The second-order valence-corrected chi connectivity index (χ2v) is 25.1. The summed E-state index contributed by atoms with van der Waals surface area (Å²) in [6, 6.07) is 0.852. The van der Waals surface area contributed by atoms with Gasteiger partial charge in [-0.1, -0.05) is 41.5 Å². The van der Waals surface area contributed by atoms with E-state index in [1.54, 1.807) is 27.7 Å². The summed E-state index contributed by atoms with van der Waals surface area (Å²) in [6.45, 7) is 28.2. The monoisotopic (exact) mass is 643 g/mol. The lowest BCUT2D eigenvalue weighted by molar-refractivity contribution is -0.142. The van der Waals surface area contributed by atoms with Gasteiger partial charge in [0.25, 0.3) is 0 Å². The molecule has 0 radical (unpaired) electrons. The summed E-state index contributed by atoms with van der Waals surface area (Å²) in [5.74, 6) is -0.373. The number of carboxylic acid groups (broad SMARTS) is 1. The molecule has 1 aromatic carbocycles. The Hall–Kier alpha value is -2.19. The lowest BCUT2D eigenvalue weighted by Crippen LogP contribution is -2.45. The maximum atomic E-state index is 12.8. The average Bonchev–Trinajstić information content (AvgIpc) is 2.77. The third kappa shape index (κ3) is 10.2. The summed E-state index contributed by atoms with van der Waals surface area (Å²) in [5.41, 5.74) is 0.429. The summed E-state index contributed by atoms with van der Waals surface area (Å²) in [5, 5.41) is 12.8. The molecule has 1 rings (SSSR count). The van der Waals surface area contributed by atoms with Crippen molar-refractivity contribution in [3.63, 3.8) is 0 Å². The van der Waals surface area contributed by atoms with Gasteiger partial charge in [-0.3, -0.25) is 0 Å². The third-order valence-electron chi connectivity index (χ3n) is 7.87. The van der Waals surface area contributed by atoms with E-state index in [4.69, 9.17) is 18.3 Å². The Morgan fingerprint density at radius 2 is 1.38 bits per heavy atom. The van der Waals surface area contributed by atoms with Gasteiger partial charge in [0.2, 0.25) is 16.6 Å². The first-order valence-corrected chi connectivity index (χ1v) is 21.1. The molecule has 240 valence electrons. The number of carbonyl (C=O) groups is 3. The molecule has 1 atom stereocenters. The first kappa shape index (κ1) is 37.8. The van der Waals surface area contributed by atoms with Crippen molar-refractivity contribution in [1.82, 2.24) is 5.32 Å². The Labute approximate surface area is 259 Å². The molecule has 0 fully saturated rings. The van der Waals surface area contributed by atoms with Gasteiger partial charge in [0.1, 0.15) is 23.1 Å². The highest BCUT2D eigenvalue weighted by atomic mass is 32.2. The predicted octanol–water partition coefficient (Wildman–Crippen LogP) is 7.76. The van der Waals surface area contributed by atoms with Crippen molar-refractivity contribution in [2.24, 2.45) is 0 Å². The van der Waals surface area contributed by atoms with Gasteiger partial charge in [0.15, 0.2) is 0 Å². The fourth-order valence-corrected chi connectivity index (χ4v) is 6.48. The number of amides is 1. The molecule has 0 aliphatic rings. The van der Waals surface area contributed by atoms with Crippen molar-refractivity contribution in [2.45, 2.75) is 123 Å². The lowest BCUT2D eigenvalue weighted by Gasteiger charge is -2.39. The third-order valence-corrected chi connectivity index (χ3v) is 17.6. The van der Waals surface area contributed by atoms with Crippen LogP contribution in [0, 0.1) is 6.92 Å². The van der Waals surface area contributed by atoms with Gasteiger partial charge in [-0.15, -0.1) is 0 Å². The number of esters is 1. The van der Waals surface area contributed by atoms with E-state index in [9.17, 15) is 19.5 Å². The maximum Gasteiger partial charge on any atom is 0.408 e. The Bertz CT molecular complexity index is 1150. The van der Waals surface area contributed by atoms with Crippen LogP contribution in [0.25, 0.3) is 0 Å². The minimum atomic E-state index is -2.39. The van der Waals surface area contributed by atoms with Gasteiger partial charge in [-0.2, -0.15) is 11.8 Å². The van der Waals surface area contributed by atoms with Crippen LogP contribution in [0.1, 0.15) is 83.8 Å². The van der Waals surface area contributed by atoms with E-state index in [0.717, 1.165) is 0 Å². The second kappa shape index (κ2) is 13.6. The number of alkyl carbamates (subject to hydrolysis) is 1. The number of benzene rings is 1. The topological polar surface area (TPSA) is 120 Å². The first-order chi connectivity index (χ1) is 18.7. The predicted molar refractivity (Wildman–Crippen MR) is 175 cm³/mol. The summed E-state index contributed by atoms with van der Waals surface area (Å²) in [4.78, 5) is 37.6. The highest BCUT2D eigenvalue weighted by molar-refractivity contribution is 7.98. The molecule has 9 nitrogen and oxygen atoms in total. The largest absolute Gasteiger partial charge is 0.543 e. The fraction of sp³-hybridized carbons (Fsp3) is 0.700. The molecule has 0 saturated carbocycles. The van der Waals surface area contributed by atoms with Crippen LogP contribution in [0.15, 0.2) is 6.07 Å². The molecule has 0 aliphatic carbocycles. The number of ether oxygens (including phenoxy) is 2. The summed E-state index contributed by atoms with van der Waals surface area (Å²) < 4.78 is 23.6. The smallest absolute Gasteiger partial charge is 0.408 e. The van der Waals surface area contributed by atoms with Gasteiger partial charge in [-0.25, -0.2) is 14.4 Å². The number of nitrogens with one attached hydrogen (secondary N) is 1. The molecule has 0 spiro atoms. The number of carboxylic acids is 1. The quantitative estimate of drug-likeness (QED) is 0.184. The van der Waals surface area contributed by atoms with Crippen LogP contribution in [0.5, 0.6) is 11.5 Å². The highest BCUT2D eigenvalue weighted by Crippen LogP contribution is 2.44. The Kier molecular flexibility index (Phi) is 12.3. The number of rotatable bonds is 11. The number of hydrogen-bond acceptors (Lipinski definition) is 8. The Balaban J connectivity index is 3.61. The summed E-state index contributed by atoms with van der Waals surface area (Å²) in [7, 11) is -3.46. The van der Waals surface area contributed by atoms with Gasteiger partial charge in [0.05, 0.1) is 12.7 Å². The first-order valence-electron chi connectivity index (χ1n) is 14.2. The van der Waals surface area contributed by atoms with Gasteiger partial charge in [-0.05, 0) is 64.0 Å². The molecule has 2 N–H and O–H groups in total. The molecular formula is C30H53NO8SSi2. The fourth-order valence-electron chi connectivity index (χ4n) is 3.31. The zero-order chi connectivity index (χ0) is 33.1.